The molecule has 4 unspecified atom stereocenters. The van der Waals surface area contributed by atoms with E-state index in [1.165, 1.54) is 19.3 Å². The highest BCUT2D eigenvalue weighted by atomic mass is 32.2. The van der Waals surface area contributed by atoms with Crippen molar-refractivity contribution in [2.75, 3.05) is 12.0 Å². The molecule has 0 saturated heterocycles. The quantitative estimate of drug-likeness (QED) is 0.166. The molecule has 0 aliphatic heterocycles. The van der Waals surface area contributed by atoms with Crippen LogP contribution in [0, 0.1) is 18.8 Å². The normalized spacial score (nSPS) is 17.0. The van der Waals surface area contributed by atoms with Gasteiger partial charge < -0.3 is 26.0 Å². The second kappa shape index (κ2) is 17.0. The van der Waals surface area contributed by atoms with Crippen LogP contribution in [0.5, 0.6) is 0 Å². The van der Waals surface area contributed by atoms with Crippen LogP contribution in [-0.2, 0) is 11.3 Å². The third kappa shape index (κ3) is 10.1. The third-order valence-corrected chi connectivity index (χ3v) is 9.02. The van der Waals surface area contributed by atoms with Crippen molar-refractivity contribution in [3.05, 3.63) is 59.2 Å². The van der Waals surface area contributed by atoms with E-state index in [2.05, 4.69) is 10.6 Å². The van der Waals surface area contributed by atoms with Gasteiger partial charge >= 0.3 is 5.97 Å². The molecule has 1 aliphatic carbocycles. The first-order valence-electron chi connectivity index (χ1n) is 15.4. The number of aliphatic carboxylic acids is 1. The molecule has 42 heavy (non-hydrogen) atoms. The lowest BCUT2D eigenvalue weighted by Gasteiger charge is -2.33. The molecule has 8 heteroatoms. The molecule has 3 rings (SSSR count). The minimum absolute atomic E-state index is 0.250. The van der Waals surface area contributed by atoms with Crippen molar-refractivity contribution in [3.63, 3.8) is 0 Å². The highest BCUT2D eigenvalue weighted by Crippen LogP contribution is 2.31. The summed E-state index contributed by atoms with van der Waals surface area (Å²) in [7, 11) is 0. The number of aliphatic hydroxyl groups is 2. The van der Waals surface area contributed by atoms with Gasteiger partial charge in [-0.25, -0.2) is 4.79 Å². The van der Waals surface area contributed by atoms with Crippen LogP contribution in [0.1, 0.15) is 86.7 Å². The van der Waals surface area contributed by atoms with Gasteiger partial charge in [0.1, 0.15) is 6.04 Å². The second-order valence-electron chi connectivity index (χ2n) is 12.3. The van der Waals surface area contributed by atoms with E-state index < -0.39 is 30.1 Å². The van der Waals surface area contributed by atoms with Crippen molar-refractivity contribution < 1.29 is 24.9 Å². The molecular formula is C34H50N2O5S. The molecule has 7 nitrogen and oxygen atoms in total. The summed E-state index contributed by atoms with van der Waals surface area (Å²) in [4.78, 5) is 25.2. The second-order valence-corrected chi connectivity index (χ2v) is 13.2. The lowest BCUT2D eigenvalue weighted by molar-refractivity contribution is -0.139. The van der Waals surface area contributed by atoms with Crippen LogP contribution >= 0.6 is 11.8 Å². The Bertz CT molecular complexity index is 1150. The van der Waals surface area contributed by atoms with Crippen LogP contribution in [0.2, 0.25) is 0 Å². The molecule has 0 bridgehead atoms. The summed E-state index contributed by atoms with van der Waals surface area (Å²) in [6, 6.07) is 12.3. The van der Waals surface area contributed by atoms with Gasteiger partial charge in [-0.2, -0.15) is 11.8 Å². The number of aliphatic hydroxyl groups excluding tert-OH is 2. The Morgan fingerprint density at radius 2 is 1.74 bits per heavy atom. The standard InChI is InChI=1S/C34H50N2O5S/c1-22(2)18-31(37)32(38)30(20-24-11-6-5-7-12-24)35-21-25-14-15-27(28(19-25)26-13-9-8-10-23(26)3)33(39)36-29(34(40)41)16-17-42-4/h8-10,13-15,19,22,24,29-32,35,37-38H,5-7,11-12,16-18,20-21H2,1-4H3,(H,36,39)(H,40,41). The Hall–Kier alpha value is -2.39. The van der Waals surface area contributed by atoms with Crippen LogP contribution in [0.3, 0.4) is 0 Å². The molecule has 5 N–H and O–H groups in total. The minimum Gasteiger partial charge on any atom is -0.480 e. The number of carbonyl (C=O) groups excluding carboxylic acids is 1. The fourth-order valence-corrected chi connectivity index (χ4v) is 6.46. The monoisotopic (exact) mass is 598 g/mol. The van der Waals surface area contributed by atoms with Gasteiger partial charge in [0.2, 0.25) is 0 Å². The molecule has 2 aromatic carbocycles. The van der Waals surface area contributed by atoms with E-state index in [-0.39, 0.29) is 12.0 Å². The van der Waals surface area contributed by atoms with Crippen molar-refractivity contribution in [2.24, 2.45) is 11.8 Å². The fourth-order valence-electron chi connectivity index (χ4n) is 5.99. The molecule has 232 valence electrons. The number of thioether (sulfide) groups is 1. The number of hydrogen-bond acceptors (Lipinski definition) is 6. The number of carbonyl (C=O) groups is 2. The van der Waals surface area contributed by atoms with E-state index in [1.807, 2.05) is 63.4 Å². The summed E-state index contributed by atoms with van der Waals surface area (Å²) in [6.07, 6.45) is 7.94. The van der Waals surface area contributed by atoms with E-state index >= 15 is 0 Å². The molecule has 0 radical (unpaired) electrons. The van der Waals surface area contributed by atoms with Crippen LogP contribution in [0.4, 0.5) is 0 Å². The number of hydrogen-bond donors (Lipinski definition) is 5. The molecule has 4 atom stereocenters. The first-order valence-corrected chi connectivity index (χ1v) is 16.8. The first-order chi connectivity index (χ1) is 20.1. The maximum Gasteiger partial charge on any atom is 0.326 e. The number of benzene rings is 2. The van der Waals surface area contributed by atoms with Gasteiger partial charge in [0.25, 0.3) is 5.91 Å². The largest absolute Gasteiger partial charge is 0.480 e. The van der Waals surface area contributed by atoms with Gasteiger partial charge in [-0.1, -0.05) is 76.3 Å². The van der Waals surface area contributed by atoms with Crippen LogP contribution in [0.15, 0.2) is 42.5 Å². The number of nitrogens with one attached hydrogen (secondary N) is 2. The molecule has 0 spiro atoms. The number of carboxylic acid groups (broad SMARTS) is 1. The van der Waals surface area contributed by atoms with E-state index in [1.54, 1.807) is 17.8 Å². The summed E-state index contributed by atoms with van der Waals surface area (Å²) in [5.41, 5.74) is 4.03. The molecule has 1 saturated carbocycles. The van der Waals surface area contributed by atoms with Crippen LogP contribution in [0.25, 0.3) is 11.1 Å². The van der Waals surface area contributed by atoms with Gasteiger partial charge in [-0.15, -0.1) is 0 Å². The summed E-state index contributed by atoms with van der Waals surface area (Å²) in [5.74, 6) is -0.0194. The minimum atomic E-state index is -1.04. The predicted octanol–water partition coefficient (Wildman–Crippen LogP) is 5.79. The smallest absolute Gasteiger partial charge is 0.326 e. The average Bonchev–Trinajstić information content (AvgIpc) is 2.97. The van der Waals surface area contributed by atoms with Crippen molar-refractivity contribution in [1.82, 2.24) is 10.6 Å². The van der Waals surface area contributed by atoms with Crippen molar-refractivity contribution in [3.8, 4) is 11.1 Å². The number of rotatable bonds is 16. The fraction of sp³-hybridized carbons (Fsp3) is 0.588. The van der Waals surface area contributed by atoms with Gasteiger partial charge in [0.05, 0.1) is 12.2 Å². The summed E-state index contributed by atoms with van der Waals surface area (Å²) >= 11 is 1.54. The molecule has 2 aromatic rings. The zero-order chi connectivity index (χ0) is 30.6. The predicted molar refractivity (Wildman–Crippen MR) is 172 cm³/mol. The summed E-state index contributed by atoms with van der Waals surface area (Å²) in [5, 5.41) is 37.9. The van der Waals surface area contributed by atoms with E-state index in [4.69, 9.17) is 0 Å². The van der Waals surface area contributed by atoms with E-state index in [0.29, 0.717) is 36.6 Å². The Morgan fingerprint density at radius 3 is 2.38 bits per heavy atom. The molecule has 1 amide bonds. The Balaban J connectivity index is 1.87. The van der Waals surface area contributed by atoms with Crippen molar-refractivity contribution >= 4 is 23.6 Å². The lowest BCUT2D eigenvalue weighted by Crippen LogP contribution is -2.47. The maximum absolute atomic E-state index is 13.4. The van der Waals surface area contributed by atoms with Crippen molar-refractivity contribution in [2.45, 2.75) is 103 Å². The molecule has 0 aromatic heterocycles. The SMILES string of the molecule is CSCCC(NC(=O)c1ccc(CNC(CC2CCCCC2)C(O)C(O)CC(C)C)cc1-c1ccccc1C)C(=O)O. The number of amides is 1. The summed E-state index contributed by atoms with van der Waals surface area (Å²) < 4.78 is 0. The highest BCUT2D eigenvalue weighted by molar-refractivity contribution is 7.98. The van der Waals surface area contributed by atoms with Crippen LogP contribution in [-0.4, -0.2) is 63.5 Å². The molecular weight excluding hydrogens is 548 g/mol. The number of aryl methyl sites for hydroxylation is 1. The maximum atomic E-state index is 13.4. The Labute approximate surface area is 255 Å². The third-order valence-electron chi connectivity index (χ3n) is 8.38. The summed E-state index contributed by atoms with van der Waals surface area (Å²) in [6.45, 7) is 6.56. The van der Waals surface area contributed by atoms with Gasteiger partial charge in [-0.3, -0.25) is 4.79 Å². The van der Waals surface area contributed by atoms with Crippen LogP contribution < -0.4 is 10.6 Å². The van der Waals surface area contributed by atoms with Gasteiger partial charge in [0.15, 0.2) is 0 Å². The average molecular weight is 599 g/mol. The molecule has 1 aliphatic rings. The van der Waals surface area contributed by atoms with Gasteiger partial charge in [0, 0.05) is 18.2 Å². The van der Waals surface area contributed by atoms with Crippen molar-refractivity contribution in [1.29, 1.82) is 0 Å². The Morgan fingerprint density at radius 1 is 1.02 bits per heavy atom. The van der Waals surface area contributed by atoms with E-state index in [9.17, 15) is 24.9 Å². The molecule has 1 fully saturated rings. The van der Waals surface area contributed by atoms with Gasteiger partial charge in [-0.05, 0) is 84.4 Å². The topological polar surface area (TPSA) is 119 Å². The Kier molecular flexibility index (Phi) is 13.8. The zero-order valence-corrected chi connectivity index (χ0v) is 26.5. The highest BCUT2D eigenvalue weighted by Gasteiger charge is 2.30. The number of carboxylic acids is 1. The lowest BCUT2D eigenvalue weighted by atomic mass is 9.82. The zero-order valence-electron chi connectivity index (χ0n) is 25.6. The van der Waals surface area contributed by atoms with E-state index in [0.717, 1.165) is 41.5 Å². The first kappa shape index (κ1) is 34.1. The molecule has 0 heterocycles.